The van der Waals surface area contributed by atoms with Crippen LogP contribution in [0.4, 0.5) is 4.39 Å². The van der Waals surface area contributed by atoms with Crippen molar-refractivity contribution in [3.8, 4) is 0 Å². The minimum absolute atomic E-state index is 0. The van der Waals surface area contributed by atoms with Crippen LogP contribution in [0.1, 0.15) is 5.56 Å². The summed E-state index contributed by atoms with van der Waals surface area (Å²) in [7, 11) is 0. The van der Waals surface area contributed by atoms with E-state index in [1.54, 1.807) is 12.1 Å². The second kappa shape index (κ2) is 4.65. The monoisotopic (exact) mass is 150 g/mol. The average molecular weight is 150 g/mol. The van der Waals surface area contributed by atoms with Crippen LogP contribution >= 0.6 is 0 Å². The highest BCUT2D eigenvalue weighted by molar-refractivity contribution is 5.75. The maximum absolute atomic E-state index is 12.5. The Labute approximate surface area is 75.6 Å². The Kier molecular flexibility index (Phi) is 4.60. The molecule has 0 atom stereocenters. The lowest BCUT2D eigenvalue weighted by Crippen LogP contribution is -1.98. The maximum Gasteiger partial charge on any atom is 0.316 e. The second-order valence-corrected chi connectivity index (χ2v) is 1.70. The highest BCUT2D eigenvalue weighted by Crippen LogP contribution is 2.02. The van der Waals surface area contributed by atoms with Gasteiger partial charge in [-0.2, -0.15) is 0 Å². The molecule has 0 fully saturated rings. The largest absolute Gasteiger partial charge is 0.326 e. The lowest BCUT2D eigenvalue weighted by atomic mass is 10.2. The highest BCUT2D eigenvalue weighted by Gasteiger charge is 1.94. The summed E-state index contributed by atoms with van der Waals surface area (Å²) >= 11 is 0. The van der Waals surface area contributed by atoms with Gasteiger partial charge in [0, 0.05) is 12.1 Å². The normalized spacial score (nSPS) is 8.60. The van der Waals surface area contributed by atoms with Crippen LogP contribution in [0.3, 0.4) is 0 Å². The molecule has 10 heavy (non-hydrogen) atoms. The first-order valence-electron chi connectivity index (χ1n) is 2.69. The van der Waals surface area contributed by atoms with Gasteiger partial charge in [-0.3, -0.25) is 0 Å². The summed E-state index contributed by atoms with van der Waals surface area (Å²) in [5.41, 5.74) is 5.62. The lowest BCUT2D eigenvalue weighted by molar-refractivity contribution is 0.610. The molecular weight excluding hydrogens is 141 g/mol. The molecule has 0 amide bonds. The van der Waals surface area contributed by atoms with E-state index in [9.17, 15) is 4.39 Å². The third-order valence-electron chi connectivity index (χ3n) is 1.09. The second-order valence-electron chi connectivity index (χ2n) is 1.70. The van der Waals surface area contributed by atoms with Crippen LogP contribution in [0, 0.1) is 11.9 Å². The summed E-state index contributed by atoms with van der Waals surface area (Å²) < 4.78 is 12.5. The van der Waals surface area contributed by atoms with Crippen LogP contribution in [0.5, 0.6) is 0 Å². The molecule has 0 heterocycles. The topological polar surface area (TPSA) is 26.0 Å². The smallest absolute Gasteiger partial charge is 0.316 e. The van der Waals surface area contributed by atoms with Gasteiger partial charge in [0.2, 0.25) is 0 Å². The van der Waals surface area contributed by atoms with Gasteiger partial charge in [0.15, 0.2) is 0 Å². The van der Waals surface area contributed by atoms with Crippen molar-refractivity contribution in [3.63, 3.8) is 0 Å². The van der Waals surface area contributed by atoms with E-state index >= 15 is 0 Å². The molecule has 0 saturated heterocycles. The van der Waals surface area contributed by atoms with Crippen molar-refractivity contribution in [1.82, 2.24) is 0 Å². The van der Waals surface area contributed by atoms with Gasteiger partial charge in [-0.15, -0.1) is 0 Å². The van der Waals surface area contributed by atoms with Gasteiger partial charge < -0.3 is 5.73 Å². The predicted octanol–water partition coefficient (Wildman–Crippen LogP) is 0.168. The van der Waals surface area contributed by atoms with E-state index < -0.39 is 0 Å². The van der Waals surface area contributed by atoms with Crippen molar-refractivity contribution in [2.75, 3.05) is 0 Å². The summed E-state index contributed by atoms with van der Waals surface area (Å²) in [5.74, 6) is -0.278. The summed E-state index contributed by atoms with van der Waals surface area (Å²) in [6.45, 7) is 0.215. The Morgan fingerprint density at radius 3 is 2.70 bits per heavy atom. The Hall–Kier alpha value is -0.124. The van der Waals surface area contributed by atoms with E-state index in [-0.39, 0.29) is 35.4 Å². The van der Waals surface area contributed by atoms with Crippen molar-refractivity contribution >= 4 is 23.1 Å². The number of nitrogens with two attached hydrogens (primary N) is 1. The lowest BCUT2D eigenvalue weighted by Gasteiger charge is -1.94. The molecule has 3 heteroatoms. The fourth-order valence-electron chi connectivity index (χ4n) is 0.607. The summed E-state index contributed by atoms with van der Waals surface area (Å²) in [6, 6.07) is 7.30. The zero-order chi connectivity index (χ0) is 6.69. The van der Waals surface area contributed by atoms with Gasteiger partial charge >= 0.3 is 23.1 Å². The molecule has 0 aliphatic heterocycles. The summed E-state index contributed by atoms with van der Waals surface area (Å²) in [6.07, 6.45) is 0. The van der Waals surface area contributed by atoms with Gasteiger partial charge in [-0.05, 0) is 12.1 Å². The Morgan fingerprint density at radius 2 is 2.30 bits per heavy atom. The van der Waals surface area contributed by atoms with Gasteiger partial charge in [-0.1, -0.05) is 12.1 Å². The first-order valence-corrected chi connectivity index (χ1v) is 2.69. The van der Waals surface area contributed by atoms with Crippen molar-refractivity contribution in [1.29, 1.82) is 0 Å². The molecule has 0 aliphatic carbocycles. The Balaban J connectivity index is 0.000000810. The first kappa shape index (κ1) is 9.88. The molecule has 1 radical (unpaired) electrons. The van der Waals surface area contributed by atoms with E-state index in [0.717, 1.165) is 0 Å². The number of hydrogen-bond donors (Lipinski definition) is 1. The van der Waals surface area contributed by atoms with E-state index in [1.807, 2.05) is 0 Å². The molecule has 0 bridgehead atoms. The molecule has 2 N–H and O–H groups in total. The van der Waals surface area contributed by atoms with Crippen LogP contribution in [-0.2, 0) is 6.54 Å². The van der Waals surface area contributed by atoms with Crippen LogP contribution in [0.2, 0.25) is 0 Å². The van der Waals surface area contributed by atoms with E-state index in [1.165, 1.54) is 6.07 Å². The molecule has 51 valence electrons. The number of rotatable bonds is 1. The quantitative estimate of drug-likeness (QED) is 0.568. The Bertz CT molecular complexity index is 203. The molecule has 0 unspecified atom stereocenters. The van der Waals surface area contributed by atoms with E-state index in [4.69, 9.17) is 5.73 Å². The molecule has 0 aliphatic rings. The molecule has 0 spiro atoms. The molecule has 1 aromatic rings. The molecular formula is C7H9FMgN. The van der Waals surface area contributed by atoms with Crippen molar-refractivity contribution < 1.29 is 4.39 Å². The highest BCUT2D eigenvalue weighted by atomic mass is 24.3. The van der Waals surface area contributed by atoms with Gasteiger partial charge in [-0.25, -0.2) is 4.39 Å². The standard InChI is InChI=1S/C7H7FN.Mg.2H/c8-7-4-2-1-3-6(7)5-9;;;/h1-2,4H,5,9H2;;;. The molecule has 1 aromatic carbocycles. The minimum atomic E-state index is -0.278. The van der Waals surface area contributed by atoms with Crippen LogP contribution in [-0.4, -0.2) is 23.1 Å². The maximum atomic E-state index is 12.5. The fraction of sp³-hybridized carbons (Fsp3) is 0.143. The summed E-state index contributed by atoms with van der Waals surface area (Å²) in [5, 5.41) is 0. The van der Waals surface area contributed by atoms with Gasteiger partial charge in [0.05, 0.1) is 0 Å². The molecule has 0 saturated carbocycles. The van der Waals surface area contributed by atoms with Crippen LogP contribution in [0.25, 0.3) is 0 Å². The van der Waals surface area contributed by atoms with Crippen molar-refractivity contribution in [2.24, 2.45) is 5.73 Å². The minimum Gasteiger partial charge on any atom is -0.326 e. The van der Waals surface area contributed by atoms with Crippen LogP contribution < -0.4 is 5.73 Å². The number of hydrogen-bond acceptors (Lipinski definition) is 1. The molecule has 0 aromatic heterocycles. The molecule has 1 rings (SSSR count). The predicted molar refractivity (Wildman–Crippen MR) is 41.7 cm³/mol. The average Bonchev–Trinajstić information content (AvgIpc) is 1.89. The zero-order valence-electron chi connectivity index (χ0n) is 4.89. The van der Waals surface area contributed by atoms with Gasteiger partial charge in [0.25, 0.3) is 0 Å². The van der Waals surface area contributed by atoms with Crippen molar-refractivity contribution in [2.45, 2.75) is 6.54 Å². The molecule has 1 nitrogen and oxygen atoms in total. The van der Waals surface area contributed by atoms with Crippen LogP contribution in [0.15, 0.2) is 18.2 Å². The SMILES string of the molecule is NCc1[c]cccc1F.[MgH2]. The zero-order valence-corrected chi connectivity index (χ0v) is 4.89. The van der Waals surface area contributed by atoms with Gasteiger partial charge in [0.1, 0.15) is 5.82 Å². The van der Waals surface area contributed by atoms with E-state index in [0.29, 0.717) is 5.56 Å². The summed E-state index contributed by atoms with van der Waals surface area (Å²) in [4.78, 5) is 0. The third kappa shape index (κ3) is 2.25. The number of halogens is 1. The third-order valence-corrected chi connectivity index (χ3v) is 1.09. The van der Waals surface area contributed by atoms with E-state index in [2.05, 4.69) is 6.07 Å². The fourth-order valence-corrected chi connectivity index (χ4v) is 0.607. The Morgan fingerprint density at radius 1 is 1.60 bits per heavy atom. The number of benzene rings is 1. The first-order chi connectivity index (χ1) is 4.34. The van der Waals surface area contributed by atoms with Crippen molar-refractivity contribution in [3.05, 3.63) is 35.6 Å².